The van der Waals surface area contributed by atoms with Gasteiger partial charge in [0.05, 0.1) is 10.2 Å². The van der Waals surface area contributed by atoms with Gasteiger partial charge < -0.3 is 11.1 Å². The molecule has 1 aromatic carbocycles. The first-order valence-corrected chi connectivity index (χ1v) is 7.14. The third-order valence-corrected chi connectivity index (χ3v) is 4.06. The monoisotopic (exact) mass is 263 g/mol. The molecule has 0 saturated heterocycles. The molecule has 18 heavy (non-hydrogen) atoms. The van der Waals surface area contributed by atoms with E-state index >= 15 is 0 Å². The van der Waals surface area contributed by atoms with Crippen molar-refractivity contribution < 1.29 is 0 Å². The molecule has 1 atom stereocenters. The summed E-state index contributed by atoms with van der Waals surface area (Å²) in [4.78, 5) is 4.61. The summed E-state index contributed by atoms with van der Waals surface area (Å²) < 4.78 is 1.22. The van der Waals surface area contributed by atoms with Gasteiger partial charge in [-0.1, -0.05) is 44.2 Å². The van der Waals surface area contributed by atoms with Crippen molar-refractivity contribution in [2.45, 2.75) is 33.2 Å². The number of nitrogens with one attached hydrogen (secondary N) is 1. The second kappa shape index (κ2) is 5.24. The van der Waals surface area contributed by atoms with Crippen molar-refractivity contribution in [2.75, 3.05) is 11.9 Å². The number of hydrogen-bond donors (Lipinski definition) is 2. The first-order chi connectivity index (χ1) is 8.50. The van der Waals surface area contributed by atoms with Gasteiger partial charge in [-0.05, 0) is 30.5 Å². The van der Waals surface area contributed by atoms with E-state index < -0.39 is 0 Å². The molecule has 0 aliphatic carbocycles. The average Bonchev–Trinajstić information content (AvgIpc) is 2.69. The zero-order valence-electron chi connectivity index (χ0n) is 11.2. The molecule has 2 rings (SSSR count). The number of nitrogens with zero attached hydrogens (tertiary/aromatic N) is 1. The molecule has 98 valence electrons. The van der Waals surface area contributed by atoms with E-state index in [1.165, 1.54) is 4.70 Å². The van der Waals surface area contributed by atoms with Crippen LogP contribution in [0.3, 0.4) is 0 Å². The summed E-state index contributed by atoms with van der Waals surface area (Å²) in [6.07, 6.45) is 0.958. The van der Waals surface area contributed by atoms with E-state index in [-0.39, 0.29) is 5.41 Å². The van der Waals surface area contributed by atoms with E-state index in [0.29, 0.717) is 12.6 Å². The van der Waals surface area contributed by atoms with Crippen LogP contribution in [0.2, 0.25) is 0 Å². The third-order valence-electron chi connectivity index (χ3n) is 3.09. The smallest absolute Gasteiger partial charge is 0.184 e. The van der Waals surface area contributed by atoms with Crippen molar-refractivity contribution in [3.05, 3.63) is 24.3 Å². The first kappa shape index (κ1) is 13.3. The Morgan fingerprint density at radius 3 is 2.67 bits per heavy atom. The number of rotatable bonds is 4. The van der Waals surface area contributed by atoms with Gasteiger partial charge in [0.2, 0.25) is 0 Å². The highest BCUT2D eigenvalue weighted by molar-refractivity contribution is 7.22. The minimum Gasteiger partial charge on any atom is -0.358 e. The Morgan fingerprint density at radius 2 is 2.06 bits per heavy atom. The molecular weight excluding hydrogens is 242 g/mol. The number of benzene rings is 1. The predicted octanol–water partition coefficient (Wildman–Crippen LogP) is 3.47. The van der Waals surface area contributed by atoms with Crippen molar-refractivity contribution >= 4 is 26.7 Å². The van der Waals surface area contributed by atoms with Crippen LogP contribution in [-0.4, -0.2) is 17.6 Å². The second-order valence-electron chi connectivity index (χ2n) is 5.63. The molecule has 1 heterocycles. The van der Waals surface area contributed by atoms with Crippen LogP contribution in [0.5, 0.6) is 0 Å². The molecular formula is C14H21N3S. The lowest BCUT2D eigenvalue weighted by molar-refractivity contribution is 0.329. The quantitative estimate of drug-likeness (QED) is 0.888. The zero-order chi connectivity index (χ0) is 13.2. The van der Waals surface area contributed by atoms with Crippen molar-refractivity contribution in [3.8, 4) is 0 Å². The highest BCUT2D eigenvalue weighted by Gasteiger charge is 2.24. The molecule has 1 unspecified atom stereocenters. The second-order valence-corrected chi connectivity index (χ2v) is 6.66. The minimum atomic E-state index is 0.178. The Kier molecular flexibility index (Phi) is 3.88. The van der Waals surface area contributed by atoms with Crippen LogP contribution in [0.25, 0.3) is 10.2 Å². The van der Waals surface area contributed by atoms with Gasteiger partial charge in [-0.3, -0.25) is 0 Å². The highest BCUT2D eigenvalue weighted by Crippen LogP contribution is 2.30. The SMILES string of the molecule is CC(C)(C)C(CCN)Nc1nc2ccccc2s1. The number of anilines is 1. The summed E-state index contributed by atoms with van der Waals surface area (Å²) in [5.41, 5.74) is 6.94. The van der Waals surface area contributed by atoms with Gasteiger partial charge in [0.25, 0.3) is 0 Å². The summed E-state index contributed by atoms with van der Waals surface area (Å²) in [5, 5.41) is 4.53. The lowest BCUT2D eigenvalue weighted by atomic mass is 9.85. The summed E-state index contributed by atoms with van der Waals surface area (Å²) >= 11 is 1.70. The molecule has 1 aromatic heterocycles. The predicted molar refractivity (Wildman–Crippen MR) is 80.2 cm³/mol. The van der Waals surface area contributed by atoms with E-state index in [4.69, 9.17) is 5.73 Å². The maximum atomic E-state index is 5.70. The fourth-order valence-electron chi connectivity index (χ4n) is 1.97. The maximum Gasteiger partial charge on any atom is 0.184 e. The summed E-state index contributed by atoms with van der Waals surface area (Å²) in [7, 11) is 0. The number of aromatic nitrogens is 1. The molecule has 0 amide bonds. The molecule has 0 aliphatic heterocycles. The molecule has 0 spiro atoms. The van der Waals surface area contributed by atoms with Crippen LogP contribution in [0, 0.1) is 5.41 Å². The van der Waals surface area contributed by atoms with Gasteiger partial charge in [-0.25, -0.2) is 4.98 Å². The highest BCUT2D eigenvalue weighted by atomic mass is 32.1. The van der Waals surface area contributed by atoms with Gasteiger partial charge in [0.15, 0.2) is 5.13 Å². The molecule has 0 fully saturated rings. The third kappa shape index (κ3) is 3.00. The average molecular weight is 263 g/mol. The summed E-state index contributed by atoms with van der Waals surface area (Å²) in [6.45, 7) is 7.38. The Balaban J connectivity index is 2.20. The largest absolute Gasteiger partial charge is 0.358 e. The van der Waals surface area contributed by atoms with Crippen molar-refractivity contribution in [1.82, 2.24) is 4.98 Å². The van der Waals surface area contributed by atoms with Gasteiger partial charge in [0.1, 0.15) is 0 Å². The fourth-order valence-corrected chi connectivity index (χ4v) is 2.89. The number of nitrogens with two attached hydrogens (primary N) is 1. The van der Waals surface area contributed by atoms with E-state index in [0.717, 1.165) is 17.1 Å². The van der Waals surface area contributed by atoms with Crippen LogP contribution in [0.15, 0.2) is 24.3 Å². The number of thiazole rings is 1. The van der Waals surface area contributed by atoms with Crippen molar-refractivity contribution in [3.63, 3.8) is 0 Å². The Morgan fingerprint density at radius 1 is 1.33 bits per heavy atom. The normalized spacial score (nSPS) is 13.8. The van der Waals surface area contributed by atoms with Gasteiger partial charge in [0, 0.05) is 6.04 Å². The van der Waals surface area contributed by atoms with Crippen molar-refractivity contribution in [2.24, 2.45) is 11.1 Å². The molecule has 0 saturated carbocycles. The topological polar surface area (TPSA) is 50.9 Å². The molecule has 0 aliphatic rings. The molecule has 4 heteroatoms. The van der Waals surface area contributed by atoms with E-state index in [1.807, 2.05) is 18.2 Å². The maximum absolute atomic E-state index is 5.70. The van der Waals surface area contributed by atoms with Crippen LogP contribution < -0.4 is 11.1 Å². The molecule has 3 nitrogen and oxygen atoms in total. The van der Waals surface area contributed by atoms with Crippen molar-refractivity contribution in [1.29, 1.82) is 0 Å². The first-order valence-electron chi connectivity index (χ1n) is 6.33. The van der Waals surface area contributed by atoms with Gasteiger partial charge in [-0.2, -0.15) is 0 Å². The molecule has 0 radical (unpaired) electrons. The van der Waals surface area contributed by atoms with E-state index in [1.54, 1.807) is 11.3 Å². The zero-order valence-corrected chi connectivity index (χ0v) is 12.1. The molecule has 2 aromatic rings. The number of para-hydroxylation sites is 1. The van der Waals surface area contributed by atoms with Crippen LogP contribution in [0.1, 0.15) is 27.2 Å². The lowest BCUT2D eigenvalue weighted by Crippen LogP contribution is -2.35. The minimum absolute atomic E-state index is 0.178. The molecule has 3 N–H and O–H groups in total. The summed E-state index contributed by atoms with van der Waals surface area (Å²) in [6, 6.07) is 8.57. The Labute approximate surface area is 112 Å². The van der Waals surface area contributed by atoms with E-state index in [2.05, 4.69) is 37.1 Å². The lowest BCUT2D eigenvalue weighted by Gasteiger charge is -2.31. The Bertz CT molecular complexity index is 480. The standard InChI is InChI=1S/C14H21N3S/c1-14(2,3)12(8-9-15)17-13-16-10-6-4-5-7-11(10)18-13/h4-7,12H,8-9,15H2,1-3H3,(H,16,17). The number of fused-ring (bicyclic) bond motifs is 1. The van der Waals surface area contributed by atoms with Crippen LogP contribution in [-0.2, 0) is 0 Å². The van der Waals surface area contributed by atoms with Gasteiger partial charge in [-0.15, -0.1) is 0 Å². The van der Waals surface area contributed by atoms with Crippen LogP contribution >= 0.6 is 11.3 Å². The van der Waals surface area contributed by atoms with Gasteiger partial charge >= 0.3 is 0 Å². The summed E-state index contributed by atoms with van der Waals surface area (Å²) in [5.74, 6) is 0. The number of hydrogen-bond acceptors (Lipinski definition) is 4. The molecule has 0 bridgehead atoms. The fraction of sp³-hybridized carbons (Fsp3) is 0.500. The van der Waals surface area contributed by atoms with Crippen LogP contribution in [0.4, 0.5) is 5.13 Å². The van der Waals surface area contributed by atoms with E-state index in [9.17, 15) is 0 Å². The Hall–Kier alpha value is -1.13.